The van der Waals surface area contributed by atoms with Crippen LogP contribution < -0.4 is 4.74 Å². The lowest BCUT2D eigenvalue weighted by Gasteiger charge is -2.08. The first-order chi connectivity index (χ1) is 10.4. The van der Waals surface area contributed by atoms with Crippen molar-refractivity contribution < 1.29 is 22.3 Å². The summed E-state index contributed by atoms with van der Waals surface area (Å²) in [7, 11) is 0. The molecule has 4 nitrogen and oxygen atoms in total. The summed E-state index contributed by atoms with van der Waals surface area (Å²) in [4.78, 5) is 4.22. The molecule has 7 heteroatoms. The van der Waals surface area contributed by atoms with Gasteiger partial charge in [-0.05, 0) is 42.5 Å². The van der Waals surface area contributed by atoms with E-state index in [1.807, 2.05) is 6.07 Å². The van der Waals surface area contributed by atoms with Crippen LogP contribution in [0.5, 0.6) is 5.75 Å². The summed E-state index contributed by atoms with van der Waals surface area (Å²) in [6.07, 6.45) is -4.73. The van der Waals surface area contributed by atoms with Crippen LogP contribution in [-0.4, -0.2) is 11.3 Å². The molecule has 22 heavy (non-hydrogen) atoms. The molecule has 0 spiro atoms. The van der Waals surface area contributed by atoms with Crippen molar-refractivity contribution in [2.45, 2.75) is 6.36 Å². The first-order valence-corrected chi connectivity index (χ1v) is 6.11. The van der Waals surface area contributed by atoms with E-state index in [2.05, 4.69) is 9.72 Å². The lowest BCUT2D eigenvalue weighted by molar-refractivity contribution is -0.274. The molecule has 0 saturated carbocycles. The first-order valence-electron chi connectivity index (χ1n) is 6.11. The van der Waals surface area contributed by atoms with Crippen molar-refractivity contribution in [3.63, 3.8) is 0 Å². The number of hydrogen-bond donors (Lipinski definition) is 0. The van der Waals surface area contributed by atoms with Gasteiger partial charge in [-0.1, -0.05) is 0 Å². The summed E-state index contributed by atoms with van der Waals surface area (Å²) in [5, 5.41) is 8.83. The Kier molecular flexibility index (Phi) is 3.22. The molecule has 1 heterocycles. The molecule has 1 aromatic heterocycles. The number of rotatable bonds is 2. The molecule has 0 amide bonds. The Morgan fingerprint density at radius 1 is 1.09 bits per heavy atom. The fourth-order valence-corrected chi connectivity index (χ4v) is 1.92. The number of benzene rings is 2. The van der Waals surface area contributed by atoms with Crippen LogP contribution in [0.15, 0.2) is 46.9 Å². The standard InChI is InChI=1S/C15H7F3N2O2/c16-15(17,18)22-11-4-2-10(3-5-11)14-20-12-7-9(8-19)1-6-13(12)21-14/h1-7H. The van der Waals surface area contributed by atoms with Gasteiger partial charge in [0.1, 0.15) is 11.3 Å². The molecule has 0 unspecified atom stereocenters. The number of oxazole rings is 1. The second-order valence-corrected chi connectivity index (χ2v) is 4.39. The Morgan fingerprint density at radius 2 is 1.82 bits per heavy atom. The van der Waals surface area contributed by atoms with E-state index in [0.717, 1.165) is 0 Å². The van der Waals surface area contributed by atoms with Crippen molar-refractivity contribution in [2.75, 3.05) is 0 Å². The van der Waals surface area contributed by atoms with Gasteiger partial charge in [0, 0.05) is 5.56 Å². The average Bonchev–Trinajstić information content (AvgIpc) is 2.89. The predicted octanol–water partition coefficient (Wildman–Crippen LogP) is 4.27. The normalized spacial score (nSPS) is 11.4. The zero-order valence-electron chi connectivity index (χ0n) is 10.9. The summed E-state index contributed by atoms with van der Waals surface area (Å²) in [6, 6.07) is 12.0. The van der Waals surface area contributed by atoms with Crippen molar-refractivity contribution in [3.8, 4) is 23.3 Å². The van der Waals surface area contributed by atoms with Gasteiger partial charge in [0.15, 0.2) is 5.58 Å². The monoisotopic (exact) mass is 304 g/mol. The third kappa shape index (κ3) is 2.86. The van der Waals surface area contributed by atoms with Crippen molar-refractivity contribution in [2.24, 2.45) is 0 Å². The third-order valence-electron chi connectivity index (χ3n) is 2.85. The fraction of sp³-hybridized carbons (Fsp3) is 0.0667. The number of nitriles is 1. The van der Waals surface area contributed by atoms with Gasteiger partial charge in [-0.3, -0.25) is 0 Å². The number of aromatic nitrogens is 1. The molecule has 0 aliphatic carbocycles. The number of hydrogen-bond acceptors (Lipinski definition) is 4. The Bertz CT molecular complexity index is 861. The molecule has 0 fully saturated rings. The summed E-state index contributed by atoms with van der Waals surface area (Å²) in [5.74, 6) is -0.0669. The van der Waals surface area contributed by atoms with Gasteiger partial charge in [0.25, 0.3) is 0 Å². The number of fused-ring (bicyclic) bond motifs is 1. The van der Waals surface area contributed by atoms with Crippen molar-refractivity contribution >= 4 is 11.1 Å². The smallest absolute Gasteiger partial charge is 0.436 e. The molecule has 3 aromatic rings. The molecule has 0 atom stereocenters. The van der Waals surface area contributed by atoms with Crippen LogP contribution in [0.4, 0.5) is 13.2 Å². The molecule has 2 aromatic carbocycles. The summed E-state index contributed by atoms with van der Waals surface area (Å²) in [6.45, 7) is 0. The third-order valence-corrected chi connectivity index (χ3v) is 2.85. The average molecular weight is 304 g/mol. The van der Waals surface area contributed by atoms with Crippen LogP contribution in [-0.2, 0) is 0 Å². The highest BCUT2D eigenvalue weighted by molar-refractivity contribution is 5.77. The van der Waals surface area contributed by atoms with Crippen LogP contribution in [0.3, 0.4) is 0 Å². The highest BCUT2D eigenvalue weighted by atomic mass is 19.4. The number of nitrogens with zero attached hydrogens (tertiary/aromatic N) is 2. The Hall–Kier alpha value is -3.01. The highest BCUT2D eigenvalue weighted by Gasteiger charge is 2.31. The largest absolute Gasteiger partial charge is 0.573 e. The van der Waals surface area contributed by atoms with Crippen molar-refractivity contribution in [1.29, 1.82) is 5.26 Å². The Labute approximate surface area is 122 Å². The highest BCUT2D eigenvalue weighted by Crippen LogP contribution is 2.28. The molecule has 0 radical (unpaired) electrons. The second kappa shape index (κ2) is 5.07. The summed E-state index contributed by atoms with van der Waals surface area (Å²) >= 11 is 0. The number of ether oxygens (including phenoxy) is 1. The summed E-state index contributed by atoms with van der Waals surface area (Å²) < 4.78 is 45.6. The Balaban J connectivity index is 1.92. The van der Waals surface area contributed by atoms with E-state index in [1.165, 1.54) is 24.3 Å². The van der Waals surface area contributed by atoms with Crippen LogP contribution >= 0.6 is 0 Å². The van der Waals surface area contributed by atoms with Gasteiger partial charge in [-0.15, -0.1) is 13.2 Å². The molecular formula is C15H7F3N2O2. The fourth-order valence-electron chi connectivity index (χ4n) is 1.92. The van der Waals surface area contributed by atoms with Gasteiger partial charge in [-0.2, -0.15) is 5.26 Å². The molecule has 0 bridgehead atoms. The first kappa shape index (κ1) is 13.9. The minimum Gasteiger partial charge on any atom is -0.436 e. The van der Waals surface area contributed by atoms with E-state index in [1.54, 1.807) is 18.2 Å². The predicted molar refractivity (Wildman–Crippen MR) is 70.8 cm³/mol. The van der Waals surface area contributed by atoms with E-state index in [-0.39, 0.29) is 11.6 Å². The zero-order chi connectivity index (χ0) is 15.7. The molecule has 0 aliphatic heterocycles. The zero-order valence-corrected chi connectivity index (χ0v) is 10.9. The topological polar surface area (TPSA) is 59.0 Å². The SMILES string of the molecule is N#Cc1ccc2oc(-c3ccc(OC(F)(F)F)cc3)nc2c1. The lowest BCUT2D eigenvalue weighted by Crippen LogP contribution is -2.16. The van der Waals surface area contributed by atoms with Crippen LogP contribution in [0.2, 0.25) is 0 Å². The summed E-state index contributed by atoms with van der Waals surface area (Å²) in [5.41, 5.74) is 1.94. The van der Waals surface area contributed by atoms with Crippen LogP contribution in [0.1, 0.15) is 5.56 Å². The van der Waals surface area contributed by atoms with Gasteiger partial charge >= 0.3 is 6.36 Å². The lowest BCUT2D eigenvalue weighted by atomic mass is 10.2. The maximum atomic E-state index is 12.1. The van der Waals surface area contributed by atoms with E-state index in [9.17, 15) is 13.2 Å². The molecular weight excluding hydrogens is 297 g/mol. The van der Waals surface area contributed by atoms with Crippen LogP contribution in [0.25, 0.3) is 22.6 Å². The molecule has 3 rings (SSSR count). The van der Waals surface area contributed by atoms with Crippen molar-refractivity contribution in [3.05, 3.63) is 48.0 Å². The van der Waals surface area contributed by atoms with Crippen LogP contribution in [0, 0.1) is 11.3 Å². The van der Waals surface area contributed by atoms with E-state index in [4.69, 9.17) is 9.68 Å². The minimum absolute atomic E-state index is 0.253. The number of halogens is 3. The maximum absolute atomic E-state index is 12.1. The van der Waals surface area contributed by atoms with E-state index in [0.29, 0.717) is 22.2 Å². The van der Waals surface area contributed by atoms with E-state index < -0.39 is 6.36 Å². The van der Waals surface area contributed by atoms with Gasteiger partial charge in [-0.25, -0.2) is 4.98 Å². The molecule has 0 N–H and O–H groups in total. The van der Waals surface area contributed by atoms with Gasteiger partial charge in [0.05, 0.1) is 11.6 Å². The number of alkyl halides is 3. The van der Waals surface area contributed by atoms with Crippen molar-refractivity contribution in [1.82, 2.24) is 4.98 Å². The Morgan fingerprint density at radius 3 is 2.45 bits per heavy atom. The molecule has 110 valence electrons. The van der Waals surface area contributed by atoms with Gasteiger partial charge in [0.2, 0.25) is 5.89 Å². The quantitative estimate of drug-likeness (QED) is 0.709. The molecule has 0 aliphatic rings. The maximum Gasteiger partial charge on any atom is 0.573 e. The van der Waals surface area contributed by atoms with E-state index >= 15 is 0 Å². The minimum atomic E-state index is -4.73. The second-order valence-electron chi connectivity index (χ2n) is 4.39. The van der Waals surface area contributed by atoms with Gasteiger partial charge < -0.3 is 9.15 Å². The molecule has 0 saturated heterocycles.